The molecule has 3 rings (SSSR count). The molecule has 150 valence electrons. The summed E-state index contributed by atoms with van der Waals surface area (Å²) in [7, 11) is 3.58. The van der Waals surface area contributed by atoms with Crippen molar-refractivity contribution < 1.29 is 19.0 Å². The number of anilines is 3. The number of carboxylic acid groups (broad SMARTS) is 1. The molecule has 1 fully saturated rings. The highest BCUT2D eigenvalue weighted by Gasteiger charge is 2.23. The first-order valence-electron chi connectivity index (χ1n) is 9.05. The molecule has 0 saturated carbocycles. The van der Waals surface area contributed by atoms with Crippen molar-refractivity contribution >= 4 is 23.2 Å². The van der Waals surface area contributed by atoms with Crippen molar-refractivity contribution in [1.82, 2.24) is 4.90 Å². The Balaban J connectivity index is 1.90. The molecule has 3 N–H and O–H groups in total. The summed E-state index contributed by atoms with van der Waals surface area (Å²) in [5.74, 6) is 0.178. The van der Waals surface area contributed by atoms with E-state index in [0.29, 0.717) is 30.2 Å². The Hall–Kier alpha value is -3.00. The maximum Gasteiger partial charge on any atom is 0.412 e. The molecule has 0 bridgehead atoms. The molecule has 0 radical (unpaired) electrons. The number of nitrogens with zero attached hydrogens (tertiary/aromatic N) is 3. The number of rotatable bonds is 5. The first-order chi connectivity index (χ1) is 13.4. The lowest BCUT2D eigenvalue weighted by Crippen LogP contribution is -2.45. The minimum atomic E-state index is -1.13. The van der Waals surface area contributed by atoms with Gasteiger partial charge in [-0.3, -0.25) is 4.90 Å². The van der Waals surface area contributed by atoms with Gasteiger partial charge in [0.15, 0.2) is 5.82 Å². The highest BCUT2D eigenvalue weighted by molar-refractivity contribution is 5.88. The van der Waals surface area contributed by atoms with E-state index in [1.807, 2.05) is 11.9 Å². The summed E-state index contributed by atoms with van der Waals surface area (Å²) in [4.78, 5) is 17.1. The van der Waals surface area contributed by atoms with Gasteiger partial charge in [0.2, 0.25) is 0 Å². The topological polar surface area (TPSA) is 82.3 Å². The van der Waals surface area contributed by atoms with E-state index >= 15 is 0 Å². The third-order valence-electron chi connectivity index (χ3n) is 4.95. The van der Waals surface area contributed by atoms with Gasteiger partial charge in [0, 0.05) is 26.2 Å². The zero-order valence-electron chi connectivity index (χ0n) is 16.1. The van der Waals surface area contributed by atoms with Crippen LogP contribution in [0.3, 0.4) is 0 Å². The molecular formula is C20H25FN4O3. The van der Waals surface area contributed by atoms with Crippen LogP contribution >= 0.6 is 0 Å². The van der Waals surface area contributed by atoms with Crippen LogP contribution in [-0.2, 0) is 6.54 Å². The van der Waals surface area contributed by atoms with Crippen LogP contribution in [-0.4, -0.2) is 56.4 Å². The number of nitrogens with two attached hydrogens (primary N) is 1. The van der Waals surface area contributed by atoms with Gasteiger partial charge in [-0.15, -0.1) is 0 Å². The Morgan fingerprint density at radius 1 is 1.21 bits per heavy atom. The maximum absolute atomic E-state index is 14.7. The average molecular weight is 388 g/mol. The molecule has 0 spiro atoms. The van der Waals surface area contributed by atoms with Crippen LogP contribution in [0.15, 0.2) is 36.4 Å². The van der Waals surface area contributed by atoms with Crippen molar-refractivity contribution in [2.75, 3.05) is 55.9 Å². The van der Waals surface area contributed by atoms with Gasteiger partial charge in [0.05, 0.1) is 30.7 Å². The van der Waals surface area contributed by atoms with E-state index in [1.54, 1.807) is 37.4 Å². The molecule has 1 aliphatic rings. The molecule has 28 heavy (non-hydrogen) atoms. The third-order valence-corrected chi connectivity index (χ3v) is 4.95. The minimum absolute atomic E-state index is 0.0626. The van der Waals surface area contributed by atoms with Crippen molar-refractivity contribution in [3.63, 3.8) is 0 Å². The fourth-order valence-electron chi connectivity index (χ4n) is 3.23. The SMILES string of the molecule is COc1ccc(CN(C(=O)O)c2cc(N)c(F)c(N3CCN(C)CC3)c2)cc1. The lowest BCUT2D eigenvalue weighted by atomic mass is 10.1. The molecule has 0 unspecified atom stereocenters. The van der Waals surface area contributed by atoms with Gasteiger partial charge in [-0.2, -0.15) is 0 Å². The predicted octanol–water partition coefficient (Wildman–Crippen LogP) is 2.85. The number of methoxy groups -OCH3 is 1. The summed E-state index contributed by atoms with van der Waals surface area (Å²) in [5, 5.41) is 9.73. The van der Waals surface area contributed by atoms with Crippen LogP contribution in [0.2, 0.25) is 0 Å². The summed E-state index contributed by atoms with van der Waals surface area (Å²) in [6, 6.07) is 10.1. The first kappa shape index (κ1) is 19.8. The van der Waals surface area contributed by atoms with Gasteiger partial charge < -0.3 is 25.4 Å². The highest BCUT2D eigenvalue weighted by Crippen LogP contribution is 2.32. The normalized spacial score (nSPS) is 14.8. The maximum atomic E-state index is 14.7. The van der Waals surface area contributed by atoms with Gasteiger partial charge in [-0.05, 0) is 36.9 Å². The van der Waals surface area contributed by atoms with Gasteiger partial charge in [-0.1, -0.05) is 12.1 Å². The second kappa shape index (κ2) is 8.35. The van der Waals surface area contributed by atoms with Crippen molar-refractivity contribution in [1.29, 1.82) is 0 Å². The largest absolute Gasteiger partial charge is 0.497 e. The number of hydrogen-bond acceptors (Lipinski definition) is 5. The van der Waals surface area contributed by atoms with E-state index < -0.39 is 11.9 Å². The Morgan fingerprint density at radius 2 is 1.86 bits per heavy atom. The number of benzene rings is 2. The highest BCUT2D eigenvalue weighted by atomic mass is 19.1. The van der Waals surface area contributed by atoms with E-state index in [9.17, 15) is 14.3 Å². The minimum Gasteiger partial charge on any atom is -0.497 e. The number of hydrogen-bond donors (Lipinski definition) is 2. The van der Waals surface area contributed by atoms with Crippen LogP contribution in [0.5, 0.6) is 5.75 Å². The molecule has 1 saturated heterocycles. The van der Waals surface area contributed by atoms with Crippen molar-refractivity contribution in [3.8, 4) is 5.75 Å². The Labute approximate surface area is 163 Å². The number of likely N-dealkylation sites (N-methyl/N-ethyl adjacent to an activating group) is 1. The molecule has 7 nitrogen and oxygen atoms in total. The molecule has 0 aromatic heterocycles. The Bertz CT molecular complexity index is 836. The molecule has 8 heteroatoms. The fourth-order valence-corrected chi connectivity index (χ4v) is 3.23. The molecule has 1 aliphatic heterocycles. The second-order valence-corrected chi connectivity index (χ2v) is 6.88. The lowest BCUT2D eigenvalue weighted by Gasteiger charge is -2.35. The van der Waals surface area contributed by atoms with E-state index in [-0.39, 0.29) is 12.2 Å². The number of carbonyl (C=O) groups is 1. The number of halogens is 1. The van der Waals surface area contributed by atoms with E-state index in [2.05, 4.69) is 4.90 Å². The van der Waals surface area contributed by atoms with E-state index in [0.717, 1.165) is 23.6 Å². The molecule has 2 aromatic rings. The molecule has 0 aliphatic carbocycles. The van der Waals surface area contributed by atoms with Crippen LogP contribution in [0, 0.1) is 5.82 Å². The summed E-state index contributed by atoms with van der Waals surface area (Å²) >= 11 is 0. The Kier molecular flexibility index (Phi) is 5.89. The number of piperazine rings is 1. The molecule has 1 heterocycles. The van der Waals surface area contributed by atoms with Crippen LogP contribution in [0.25, 0.3) is 0 Å². The smallest absolute Gasteiger partial charge is 0.412 e. The van der Waals surface area contributed by atoms with E-state index in [1.165, 1.54) is 6.07 Å². The third kappa shape index (κ3) is 4.28. The number of amides is 1. The Morgan fingerprint density at radius 3 is 2.43 bits per heavy atom. The average Bonchev–Trinajstić information content (AvgIpc) is 2.69. The van der Waals surface area contributed by atoms with Crippen molar-refractivity contribution in [2.24, 2.45) is 0 Å². The molecule has 0 atom stereocenters. The lowest BCUT2D eigenvalue weighted by molar-refractivity contribution is 0.201. The zero-order valence-corrected chi connectivity index (χ0v) is 16.1. The van der Waals surface area contributed by atoms with Gasteiger partial charge in [0.1, 0.15) is 5.75 Å². The van der Waals surface area contributed by atoms with Gasteiger partial charge in [-0.25, -0.2) is 9.18 Å². The standard InChI is InChI=1S/C20H25FN4O3/c1-23-7-9-24(10-8-23)18-12-15(11-17(22)19(18)21)25(20(26)27)13-14-3-5-16(28-2)6-4-14/h3-6,11-12H,7-10,13,22H2,1-2H3,(H,26,27). The zero-order chi connectivity index (χ0) is 20.3. The summed E-state index contributed by atoms with van der Waals surface area (Å²) < 4.78 is 19.8. The van der Waals surface area contributed by atoms with Crippen LogP contribution in [0.1, 0.15) is 5.56 Å². The predicted molar refractivity (Wildman–Crippen MR) is 108 cm³/mol. The molecular weight excluding hydrogens is 363 g/mol. The van der Waals surface area contributed by atoms with Crippen molar-refractivity contribution in [2.45, 2.75) is 6.54 Å². The second-order valence-electron chi connectivity index (χ2n) is 6.88. The van der Waals surface area contributed by atoms with Crippen LogP contribution < -0.4 is 20.3 Å². The molecule has 1 amide bonds. The number of ether oxygens (including phenoxy) is 1. The first-order valence-corrected chi connectivity index (χ1v) is 9.05. The summed E-state index contributed by atoms with van der Waals surface area (Å²) in [6.07, 6.45) is -1.13. The summed E-state index contributed by atoms with van der Waals surface area (Å²) in [6.45, 7) is 3.03. The van der Waals surface area contributed by atoms with Crippen LogP contribution in [0.4, 0.5) is 26.2 Å². The summed E-state index contributed by atoms with van der Waals surface area (Å²) in [5.41, 5.74) is 7.28. The van der Waals surface area contributed by atoms with E-state index in [4.69, 9.17) is 10.5 Å². The van der Waals surface area contributed by atoms with Gasteiger partial charge >= 0.3 is 6.09 Å². The van der Waals surface area contributed by atoms with Gasteiger partial charge in [0.25, 0.3) is 0 Å². The fraction of sp³-hybridized carbons (Fsp3) is 0.350. The quantitative estimate of drug-likeness (QED) is 0.767. The van der Waals surface area contributed by atoms with Crippen molar-refractivity contribution in [3.05, 3.63) is 47.8 Å². The monoisotopic (exact) mass is 388 g/mol. The number of nitrogen functional groups attached to an aromatic ring is 1. The molecule has 2 aromatic carbocycles.